The molecule has 2 aromatic rings. The molecule has 2 aliphatic heterocycles. The molecule has 0 radical (unpaired) electrons. The molecule has 5 nitrogen and oxygen atoms in total. The first-order chi connectivity index (χ1) is 14.1. The van der Waals surface area contributed by atoms with E-state index in [-0.39, 0.29) is 5.41 Å². The second-order valence-electron chi connectivity index (χ2n) is 9.46. The summed E-state index contributed by atoms with van der Waals surface area (Å²) in [6.07, 6.45) is 6.44. The highest BCUT2D eigenvalue weighted by Gasteiger charge is 2.46. The Labute approximate surface area is 174 Å². The van der Waals surface area contributed by atoms with Crippen molar-refractivity contribution in [1.82, 2.24) is 20.6 Å². The van der Waals surface area contributed by atoms with Crippen LogP contribution in [0.15, 0.2) is 24.5 Å². The first-order valence-electron chi connectivity index (χ1n) is 11.3. The quantitative estimate of drug-likeness (QED) is 0.830. The van der Waals surface area contributed by atoms with E-state index in [1.54, 1.807) is 11.9 Å². The van der Waals surface area contributed by atoms with Gasteiger partial charge in [-0.2, -0.15) is 0 Å². The predicted molar refractivity (Wildman–Crippen MR) is 118 cm³/mol. The van der Waals surface area contributed by atoms with E-state index in [0.29, 0.717) is 12.0 Å². The number of anilines is 2. The van der Waals surface area contributed by atoms with Gasteiger partial charge in [0, 0.05) is 41.5 Å². The van der Waals surface area contributed by atoms with Crippen LogP contribution in [0.3, 0.4) is 0 Å². The average Bonchev–Trinajstić information content (AvgIpc) is 3.26. The molecule has 2 N–H and O–H groups in total. The van der Waals surface area contributed by atoms with Crippen molar-refractivity contribution in [2.24, 2.45) is 0 Å². The third-order valence-corrected chi connectivity index (χ3v) is 7.18. The third-order valence-electron chi connectivity index (χ3n) is 7.18. The Hall–Kier alpha value is -1.98. The monoisotopic (exact) mass is 391 g/mol. The van der Waals surface area contributed by atoms with Gasteiger partial charge in [0.2, 0.25) is 0 Å². The highest BCUT2D eigenvalue weighted by Crippen LogP contribution is 2.51. The summed E-state index contributed by atoms with van der Waals surface area (Å²) in [5.74, 6) is 1.70. The van der Waals surface area contributed by atoms with Crippen LogP contribution in [-0.2, 0) is 18.4 Å². The van der Waals surface area contributed by atoms with Gasteiger partial charge in [-0.05, 0) is 61.9 Å². The van der Waals surface area contributed by atoms with Crippen LogP contribution in [0, 0.1) is 0 Å². The van der Waals surface area contributed by atoms with Crippen LogP contribution in [0.5, 0.6) is 0 Å². The first kappa shape index (κ1) is 19.0. The highest BCUT2D eigenvalue weighted by molar-refractivity contribution is 5.75. The van der Waals surface area contributed by atoms with E-state index < -0.39 is 0 Å². The highest BCUT2D eigenvalue weighted by atomic mass is 15.2. The van der Waals surface area contributed by atoms with Crippen molar-refractivity contribution < 1.29 is 0 Å². The summed E-state index contributed by atoms with van der Waals surface area (Å²) in [7, 11) is 0. The van der Waals surface area contributed by atoms with Crippen LogP contribution in [0.2, 0.25) is 0 Å². The van der Waals surface area contributed by atoms with Crippen LogP contribution >= 0.6 is 0 Å². The van der Waals surface area contributed by atoms with Crippen LogP contribution in [-0.4, -0.2) is 35.6 Å². The van der Waals surface area contributed by atoms with Crippen LogP contribution in [0.4, 0.5) is 11.5 Å². The lowest BCUT2D eigenvalue weighted by atomic mass is 9.73. The van der Waals surface area contributed by atoms with E-state index in [1.807, 2.05) is 0 Å². The molecule has 1 fully saturated rings. The van der Waals surface area contributed by atoms with Crippen LogP contribution in [0.25, 0.3) is 0 Å². The third kappa shape index (κ3) is 3.15. The molecule has 3 aliphatic rings. The summed E-state index contributed by atoms with van der Waals surface area (Å²) < 4.78 is 0. The van der Waals surface area contributed by atoms with Gasteiger partial charge in [-0.25, -0.2) is 9.97 Å². The lowest BCUT2D eigenvalue weighted by Crippen LogP contribution is -2.43. The average molecular weight is 392 g/mol. The Morgan fingerprint density at radius 1 is 1.24 bits per heavy atom. The summed E-state index contributed by atoms with van der Waals surface area (Å²) in [6, 6.07) is 7.36. The van der Waals surface area contributed by atoms with Crippen molar-refractivity contribution in [3.05, 3.63) is 46.9 Å². The summed E-state index contributed by atoms with van der Waals surface area (Å²) >= 11 is 0. The maximum Gasteiger partial charge on any atom is 0.140 e. The molecule has 5 heteroatoms. The lowest BCUT2D eigenvalue weighted by Gasteiger charge is -2.36. The Kier molecular flexibility index (Phi) is 4.83. The molecule has 0 amide bonds. The summed E-state index contributed by atoms with van der Waals surface area (Å²) in [5, 5.41) is 7.24. The molecule has 1 atom stereocenters. The first-order valence-corrected chi connectivity index (χ1v) is 11.3. The van der Waals surface area contributed by atoms with Crippen molar-refractivity contribution in [2.45, 2.75) is 70.4 Å². The molecular formula is C24H33N5. The smallest absolute Gasteiger partial charge is 0.140 e. The summed E-state index contributed by atoms with van der Waals surface area (Å²) in [5.41, 5.74) is 7.25. The molecule has 5 rings (SSSR count). The molecule has 0 saturated carbocycles. The SMILES string of the molecule is CC(C)NCc1cccc2c1C1(CCNCC1)CN2c1ncnc2c1C(C)CC2. The maximum absolute atomic E-state index is 4.85. The van der Waals surface area contributed by atoms with Crippen LogP contribution in [0.1, 0.15) is 68.3 Å². The molecule has 1 aromatic heterocycles. The van der Waals surface area contributed by atoms with E-state index in [1.165, 1.54) is 41.8 Å². The van der Waals surface area contributed by atoms with Gasteiger partial charge in [-0.15, -0.1) is 0 Å². The Morgan fingerprint density at radius 2 is 2.07 bits per heavy atom. The van der Waals surface area contributed by atoms with Crippen molar-refractivity contribution in [1.29, 1.82) is 0 Å². The standard InChI is InChI=1S/C24H33N5/c1-16(2)26-13-18-5-4-6-20-22(18)24(9-11-25-12-10-24)14-29(20)23-21-17(3)7-8-19(21)27-15-28-23/h4-6,15-17,25-26H,7-14H2,1-3H3. The largest absolute Gasteiger partial charge is 0.325 e. The van der Waals surface area contributed by atoms with Gasteiger partial charge < -0.3 is 15.5 Å². The van der Waals surface area contributed by atoms with Crippen molar-refractivity contribution in [3.8, 4) is 0 Å². The van der Waals surface area contributed by atoms with Gasteiger partial charge in [0.15, 0.2) is 0 Å². The Morgan fingerprint density at radius 3 is 2.86 bits per heavy atom. The number of nitrogens with one attached hydrogen (secondary N) is 2. The van der Waals surface area contributed by atoms with Gasteiger partial charge in [-0.3, -0.25) is 0 Å². The molecule has 1 aliphatic carbocycles. The number of aromatic nitrogens is 2. The van der Waals surface area contributed by atoms with E-state index in [9.17, 15) is 0 Å². The minimum absolute atomic E-state index is 0.218. The minimum Gasteiger partial charge on any atom is -0.325 e. The van der Waals surface area contributed by atoms with E-state index in [4.69, 9.17) is 4.98 Å². The molecule has 1 aromatic carbocycles. The van der Waals surface area contributed by atoms with Crippen molar-refractivity contribution in [2.75, 3.05) is 24.5 Å². The fourth-order valence-corrected chi connectivity index (χ4v) is 5.69. The lowest BCUT2D eigenvalue weighted by molar-refractivity contribution is 0.326. The Bertz CT molecular complexity index is 900. The molecule has 3 heterocycles. The topological polar surface area (TPSA) is 53.1 Å². The van der Waals surface area contributed by atoms with E-state index >= 15 is 0 Å². The van der Waals surface area contributed by atoms with Gasteiger partial charge in [0.1, 0.15) is 12.1 Å². The molecule has 0 bridgehead atoms. The van der Waals surface area contributed by atoms with Crippen molar-refractivity contribution >= 4 is 11.5 Å². The number of benzene rings is 1. The molecule has 1 spiro atoms. The summed E-state index contributed by atoms with van der Waals surface area (Å²) in [4.78, 5) is 12.0. The fourth-order valence-electron chi connectivity index (χ4n) is 5.69. The molecule has 154 valence electrons. The number of hydrogen-bond donors (Lipinski definition) is 2. The Balaban J connectivity index is 1.63. The second-order valence-corrected chi connectivity index (χ2v) is 9.46. The van der Waals surface area contributed by atoms with Crippen LogP contribution < -0.4 is 15.5 Å². The van der Waals surface area contributed by atoms with Gasteiger partial charge in [-0.1, -0.05) is 32.9 Å². The van der Waals surface area contributed by atoms with Gasteiger partial charge >= 0.3 is 0 Å². The zero-order valence-corrected chi connectivity index (χ0v) is 18.0. The normalized spacial score (nSPS) is 22.3. The summed E-state index contributed by atoms with van der Waals surface area (Å²) in [6.45, 7) is 10.9. The second kappa shape index (κ2) is 7.37. The van der Waals surface area contributed by atoms with Crippen molar-refractivity contribution in [3.63, 3.8) is 0 Å². The van der Waals surface area contributed by atoms with Gasteiger partial charge in [0.05, 0.1) is 0 Å². The number of hydrogen-bond acceptors (Lipinski definition) is 5. The minimum atomic E-state index is 0.218. The fraction of sp³-hybridized carbons (Fsp3) is 0.583. The van der Waals surface area contributed by atoms with Gasteiger partial charge in [0.25, 0.3) is 0 Å². The zero-order valence-electron chi connectivity index (χ0n) is 18.0. The zero-order chi connectivity index (χ0) is 20.0. The maximum atomic E-state index is 4.85. The number of piperidine rings is 1. The molecule has 1 unspecified atom stereocenters. The predicted octanol–water partition coefficient (Wildman–Crippen LogP) is 3.80. The molecule has 1 saturated heterocycles. The molecule has 29 heavy (non-hydrogen) atoms. The number of nitrogens with zero attached hydrogens (tertiary/aromatic N) is 3. The number of fused-ring (bicyclic) bond motifs is 3. The van der Waals surface area contributed by atoms with E-state index in [0.717, 1.165) is 38.4 Å². The number of rotatable bonds is 4. The van der Waals surface area contributed by atoms with E-state index in [2.05, 4.69) is 59.5 Å². The molecular weight excluding hydrogens is 358 g/mol. The number of aryl methyl sites for hydroxylation is 1.